The van der Waals surface area contributed by atoms with Crippen LogP contribution in [0.1, 0.15) is 59.3 Å². The summed E-state index contributed by atoms with van der Waals surface area (Å²) in [6.07, 6.45) is 7.55. The number of ether oxygens (including phenoxy) is 1. The van der Waals surface area contributed by atoms with Crippen LogP contribution in [0.4, 0.5) is 0 Å². The number of unbranched alkanes of at least 4 members (excludes halogenated alkanes) is 3. The van der Waals surface area contributed by atoms with Crippen molar-refractivity contribution in [1.82, 2.24) is 0 Å². The summed E-state index contributed by atoms with van der Waals surface area (Å²) in [6, 6.07) is 0. The highest BCUT2D eigenvalue weighted by atomic mass is 16.5. The molecule has 0 aliphatic carbocycles. The zero-order chi connectivity index (χ0) is 17.4. The molecule has 0 unspecified atom stereocenters. The topological polar surface area (TPSA) is 101 Å². The van der Waals surface area contributed by atoms with Crippen LogP contribution in [0.25, 0.3) is 0 Å². The van der Waals surface area contributed by atoms with Crippen molar-refractivity contribution in [3.05, 3.63) is 12.2 Å². The number of carbonyl (C=O) groups excluding carboxylic acids is 1. The summed E-state index contributed by atoms with van der Waals surface area (Å²) in [4.78, 5) is 30.5. The quantitative estimate of drug-likeness (QED) is 0.364. The van der Waals surface area contributed by atoms with Gasteiger partial charge < -0.3 is 14.9 Å². The van der Waals surface area contributed by atoms with E-state index in [4.69, 9.17) is 14.9 Å². The number of carboxylic acids is 2. The van der Waals surface area contributed by atoms with Gasteiger partial charge in [-0.15, -0.1) is 0 Å². The molecule has 0 saturated heterocycles. The summed E-state index contributed by atoms with van der Waals surface area (Å²) >= 11 is 0. The Balaban J connectivity index is 0. The van der Waals surface area contributed by atoms with Crippen molar-refractivity contribution in [3.8, 4) is 0 Å². The van der Waals surface area contributed by atoms with Gasteiger partial charge in [0.25, 0.3) is 0 Å². The van der Waals surface area contributed by atoms with E-state index in [9.17, 15) is 14.4 Å². The smallest absolute Gasteiger partial charge is 0.328 e. The van der Waals surface area contributed by atoms with E-state index < -0.39 is 11.9 Å². The molecule has 0 fully saturated rings. The normalized spacial score (nSPS) is 10.2. The van der Waals surface area contributed by atoms with E-state index >= 15 is 0 Å². The van der Waals surface area contributed by atoms with E-state index in [0.29, 0.717) is 18.8 Å². The zero-order valence-corrected chi connectivity index (χ0v) is 13.7. The van der Waals surface area contributed by atoms with Crippen LogP contribution < -0.4 is 0 Å². The molecule has 22 heavy (non-hydrogen) atoms. The lowest BCUT2D eigenvalue weighted by atomic mass is 10.0. The van der Waals surface area contributed by atoms with E-state index in [0.717, 1.165) is 19.3 Å². The SMILES string of the molecule is CCCCCCOC(=O)C(CC)CC.O=C(O)/C=C\C(=O)O. The first-order valence-corrected chi connectivity index (χ1v) is 7.69. The van der Waals surface area contributed by atoms with Crippen molar-refractivity contribution < 1.29 is 29.3 Å². The Kier molecular flexibility index (Phi) is 15.8. The van der Waals surface area contributed by atoms with Crippen LogP contribution >= 0.6 is 0 Å². The van der Waals surface area contributed by atoms with Crippen LogP contribution in [-0.2, 0) is 19.1 Å². The van der Waals surface area contributed by atoms with Crippen molar-refractivity contribution in [2.24, 2.45) is 5.92 Å². The summed E-state index contributed by atoms with van der Waals surface area (Å²) < 4.78 is 5.19. The molecule has 0 aliphatic heterocycles. The summed E-state index contributed by atoms with van der Waals surface area (Å²) in [7, 11) is 0. The van der Waals surface area contributed by atoms with Crippen molar-refractivity contribution in [3.63, 3.8) is 0 Å². The Labute approximate surface area is 132 Å². The largest absolute Gasteiger partial charge is 0.478 e. The Hall–Kier alpha value is -1.85. The van der Waals surface area contributed by atoms with Crippen LogP contribution in [0.5, 0.6) is 0 Å². The predicted octanol–water partition coefficient (Wildman–Crippen LogP) is 3.26. The Morgan fingerprint density at radius 2 is 1.41 bits per heavy atom. The average molecular weight is 316 g/mol. The van der Waals surface area contributed by atoms with E-state index in [-0.39, 0.29) is 11.9 Å². The third-order valence-corrected chi connectivity index (χ3v) is 2.93. The van der Waals surface area contributed by atoms with Gasteiger partial charge in [0.15, 0.2) is 0 Å². The summed E-state index contributed by atoms with van der Waals surface area (Å²) in [5.74, 6) is -2.41. The van der Waals surface area contributed by atoms with Crippen LogP contribution in [0.3, 0.4) is 0 Å². The second-order valence-corrected chi connectivity index (χ2v) is 4.75. The van der Waals surface area contributed by atoms with Crippen molar-refractivity contribution >= 4 is 17.9 Å². The third-order valence-electron chi connectivity index (χ3n) is 2.93. The predicted molar refractivity (Wildman–Crippen MR) is 83.6 cm³/mol. The van der Waals surface area contributed by atoms with Gasteiger partial charge in [0.1, 0.15) is 0 Å². The molecule has 0 rings (SSSR count). The van der Waals surface area contributed by atoms with Gasteiger partial charge in [0.2, 0.25) is 0 Å². The first-order chi connectivity index (χ1) is 10.4. The van der Waals surface area contributed by atoms with Gasteiger partial charge in [-0.05, 0) is 19.3 Å². The van der Waals surface area contributed by atoms with Crippen LogP contribution in [0.15, 0.2) is 12.2 Å². The van der Waals surface area contributed by atoms with Gasteiger partial charge in [-0.2, -0.15) is 0 Å². The van der Waals surface area contributed by atoms with Gasteiger partial charge in [0.05, 0.1) is 12.5 Å². The minimum absolute atomic E-state index is 0.00787. The van der Waals surface area contributed by atoms with E-state index in [2.05, 4.69) is 6.92 Å². The van der Waals surface area contributed by atoms with Gasteiger partial charge in [0, 0.05) is 12.2 Å². The third kappa shape index (κ3) is 16.2. The lowest BCUT2D eigenvalue weighted by molar-refractivity contribution is -0.149. The molecule has 128 valence electrons. The van der Waals surface area contributed by atoms with Gasteiger partial charge in [-0.3, -0.25) is 4.79 Å². The maximum Gasteiger partial charge on any atom is 0.328 e. The van der Waals surface area contributed by atoms with Gasteiger partial charge >= 0.3 is 17.9 Å². The molecular formula is C16H28O6. The average Bonchev–Trinajstić information content (AvgIpc) is 2.47. The molecule has 0 aliphatic rings. The fraction of sp³-hybridized carbons (Fsp3) is 0.688. The van der Waals surface area contributed by atoms with Gasteiger partial charge in [-0.1, -0.05) is 40.0 Å². The minimum atomic E-state index is -1.26. The molecule has 6 nitrogen and oxygen atoms in total. The zero-order valence-electron chi connectivity index (χ0n) is 13.7. The highest BCUT2D eigenvalue weighted by molar-refractivity contribution is 5.89. The van der Waals surface area contributed by atoms with Gasteiger partial charge in [-0.25, -0.2) is 9.59 Å². The molecule has 2 N–H and O–H groups in total. The molecule has 0 heterocycles. The van der Waals surface area contributed by atoms with Crippen molar-refractivity contribution in [2.75, 3.05) is 6.61 Å². The van der Waals surface area contributed by atoms with Crippen molar-refractivity contribution in [1.29, 1.82) is 0 Å². The molecule has 0 bridgehead atoms. The highest BCUT2D eigenvalue weighted by Gasteiger charge is 2.14. The second-order valence-electron chi connectivity index (χ2n) is 4.75. The molecule has 0 radical (unpaired) electrons. The van der Waals surface area contributed by atoms with E-state index in [1.807, 2.05) is 13.8 Å². The molecular weight excluding hydrogens is 288 g/mol. The monoisotopic (exact) mass is 316 g/mol. The van der Waals surface area contributed by atoms with Crippen LogP contribution in [-0.4, -0.2) is 34.7 Å². The summed E-state index contributed by atoms with van der Waals surface area (Å²) in [5, 5.41) is 15.6. The molecule has 0 saturated carbocycles. The maximum atomic E-state index is 11.4. The van der Waals surface area contributed by atoms with Crippen molar-refractivity contribution in [2.45, 2.75) is 59.3 Å². The van der Waals surface area contributed by atoms with E-state index in [1.165, 1.54) is 19.3 Å². The maximum absolute atomic E-state index is 11.4. The highest BCUT2D eigenvalue weighted by Crippen LogP contribution is 2.10. The second kappa shape index (κ2) is 15.5. The molecule has 0 atom stereocenters. The lowest BCUT2D eigenvalue weighted by Gasteiger charge is -2.11. The number of carbonyl (C=O) groups is 3. The van der Waals surface area contributed by atoms with E-state index in [1.54, 1.807) is 0 Å². The Bertz CT molecular complexity index is 329. The molecule has 0 aromatic rings. The summed E-state index contributed by atoms with van der Waals surface area (Å²) in [5.41, 5.74) is 0. The fourth-order valence-corrected chi connectivity index (χ4v) is 1.58. The molecule has 0 aromatic carbocycles. The van der Waals surface area contributed by atoms with Crippen LogP contribution in [0.2, 0.25) is 0 Å². The molecule has 0 aromatic heterocycles. The number of esters is 1. The number of hydrogen-bond acceptors (Lipinski definition) is 4. The molecule has 0 spiro atoms. The first kappa shape index (κ1) is 22.4. The Morgan fingerprint density at radius 1 is 0.909 bits per heavy atom. The number of aliphatic carboxylic acids is 2. The number of rotatable bonds is 10. The fourth-order valence-electron chi connectivity index (χ4n) is 1.58. The number of hydrogen-bond donors (Lipinski definition) is 2. The molecule has 6 heteroatoms. The minimum Gasteiger partial charge on any atom is -0.478 e. The standard InChI is InChI=1S/C12H24O2.C4H4O4/c1-4-7-8-9-10-14-12(13)11(5-2)6-3;5-3(6)1-2-4(7)8/h11H,4-10H2,1-3H3;1-2H,(H,5,6)(H,7,8)/b;2-1-. The Morgan fingerprint density at radius 3 is 1.77 bits per heavy atom. The lowest BCUT2D eigenvalue weighted by Crippen LogP contribution is -2.16. The summed E-state index contributed by atoms with van der Waals surface area (Å²) in [6.45, 7) is 6.85. The van der Waals surface area contributed by atoms with Crippen LogP contribution in [0, 0.1) is 5.92 Å². The molecule has 0 amide bonds. The number of carboxylic acid groups (broad SMARTS) is 2. The first-order valence-electron chi connectivity index (χ1n) is 7.69.